The maximum Gasteiger partial charge on any atom is 0.573 e. The van der Waals surface area contributed by atoms with E-state index < -0.39 is 23.9 Å². The fourth-order valence-electron chi connectivity index (χ4n) is 2.01. The van der Waals surface area contributed by atoms with Gasteiger partial charge in [0.2, 0.25) is 0 Å². The van der Waals surface area contributed by atoms with Crippen molar-refractivity contribution < 1.29 is 32.6 Å². The molecule has 0 unspecified atom stereocenters. The lowest BCUT2D eigenvalue weighted by Crippen LogP contribution is -2.31. The smallest absolute Gasteiger partial charge is 0.506 e. The highest BCUT2D eigenvalue weighted by molar-refractivity contribution is 9.11. The summed E-state index contributed by atoms with van der Waals surface area (Å²) in [6.07, 6.45) is -4.80. The summed E-state index contributed by atoms with van der Waals surface area (Å²) in [4.78, 5) is 27.3. The van der Waals surface area contributed by atoms with Crippen molar-refractivity contribution in [1.82, 2.24) is 5.32 Å². The van der Waals surface area contributed by atoms with Crippen LogP contribution in [0.3, 0.4) is 0 Å². The molecule has 2 aromatic carbocycles. The van der Waals surface area contributed by atoms with Crippen LogP contribution in [0.4, 0.5) is 13.2 Å². The average Bonchev–Trinajstić information content (AvgIpc) is 2.63. The van der Waals surface area contributed by atoms with Gasteiger partial charge in [0.25, 0.3) is 0 Å². The number of alkyl halides is 3. The third-order valence-electron chi connectivity index (χ3n) is 3.34. The number of phenols is 1. The van der Waals surface area contributed by atoms with Crippen LogP contribution in [-0.4, -0.2) is 29.1 Å². The second kappa shape index (κ2) is 9.27. The van der Waals surface area contributed by atoms with E-state index in [1.165, 1.54) is 24.3 Å². The first-order valence-corrected chi connectivity index (χ1v) is 9.24. The number of nitrogens with zero attached hydrogens (tertiary/aromatic N) is 1. The summed E-state index contributed by atoms with van der Waals surface area (Å²) in [6, 6.07) is 7.58. The molecule has 0 heterocycles. The topological polar surface area (TPSA) is 114 Å². The summed E-state index contributed by atoms with van der Waals surface area (Å²) in [5.74, 6) is -2.95. The molecule has 0 aliphatic heterocycles. The van der Waals surface area contributed by atoms with Gasteiger partial charge in [0.15, 0.2) is 0 Å². The molecule has 4 N–H and O–H groups in total. The minimum absolute atomic E-state index is 0.0720. The molecular formula is C17H12Br2F3N3O4. The van der Waals surface area contributed by atoms with Crippen molar-refractivity contribution >= 4 is 49.5 Å². The number of aliphatic imine (C=N–C) groups is 1. The van der Waals surface area contributed by atoms with Gasteiger partial charge in [-0.1, -0.05) is 12.1 Å². The fourth-order valence-corrected chi connectivity index (χ4v) is 3.19. The fraction of sp³-hybridized carbons (Fsp3) is 0.118. The highest BCUT2D eigenvalue weighted by Gasteiger charge is 2.30. The molecule has 0 aromatic heterocycles. The number of halogens is 5. The Morgan fingerprint density at radius 1 is 1.14 bits per heavy atom. The number of aromatic hydroxyl groups is 1. The third kappa shape index (κ3) is 6.75. The number of carbonyl (C=O) groups is 2. The first-order valence-electron chi connectivity index (χ1n) is 7.65. The molecule has 12 heteroatoms. The Kier molecular flexibility index (Phi) is 7.25. The highest BCUT2D eigenvalue weighted by Crippen LogP contribution is 2.33. The van der Waals surface area contributed by atoms with Crippen LogP contribution in [0.25, 0.3) is 0 Å². The minimum Gasteiger partial charge on any atom is -0.506 e. The zero-order valence-electron chi connectivity index (χ0n) is 14.3. The van der Waals surface area contributed by atoms with E-state index in [-0.39, 0.29) is 23.7 Å². The van der Waals surface area contributed by atoms with Crippen molar-refractivity contribution in [2.24, 2.45) is 10.7 Å². The molecular weight excluding hydrogens is 527 g/mol. The molecule has 0 spiro atoms. The van der Waals surface area contributed by atoms with Gasteiger partial charge in [0, 0.05) is 12.1 Å². The number of hydrogen-bond acceptors (Lipinski definition) is 4. The summed E-state index contributed by atoms with van der Waals surface area (Å²) in [5.41, 5.74) is 6.43. The van der Waals surface area contributed by atoms with Crippen molar-refractivity contribution in [3.63, 3.8) is 0 Å². The molecule has 154 valence electrons. The molecule has 7 nitrogen and oxygen atoms in total. The number of nitrogens with one attached hydrogen (secondary N) is 1. The summed E-state index contributed by atoms with van der Waals surface area (Å²) >= 11 is 6.21. The van der Waals surface area contributed by atoms with Gasteiger partial charge in [-0.05, 0) is 61.7 Å². The number of benzene rings is 2. The molecule has 2 amide bonds. The Labute approximate surface area is 179 Å². The number of amidine groups is 1. The standard InChI is InChI=1S/C17H12Br2F3N3O4/c18-11-5-9(6-12(19)13(11)26)14(23)25-16(28)15(27)24-7-8-1-3-10(4-2-8)29-17(20,21)22/h1-6,26H,7H2,(H,24,27)(H2,23,25,28). The quantitative estimate of drug-likeness (QED) is 0.314. The first-order chi connectivity index (χ1) is 13.5. The van der Waals surface area contributed by atoms with Crippen molar-refractivity contribution in [3.05, 3.63) is 56.5 Å². The Morgan fingerprint density at radius 2 is 1.69 bits per heavy atom. The lowest BCUT2D eigenvalue weighted by molar-refractivity contribution is -0.274. The number of ether oxygens (including phenoxy) is 1. The number of phenolic OH excluding ortho intramolecular Hbond substituents is 1. The van der Waals surface area contributed by atoms with E-state index in [0.717, 1.165) is 12.1 Å². The average molecular weight is 539 g/mol. The highest BCUT2D eigenvalue weighted by atomic mass is 79.9. The van der Waals surface area contributed by atoms with Crippen LogP contribution in [0, 0.1) is 0 Å². The summed E-state index contributed by atoms with van der Waals surface area (Å²) < 4.78 is 40.7. The van der Waals surface area contributed by atoms with E-state index in [2.05, 4.69) is 46.9 Å². The van der Waals surface area contributed by atoms with Crippen LogP contribution in [0.2, 0.25) is 0 Å². The third-order valence-corrected chi connectivity index (χ3v) is 4.55. The minimum atomic E-state index is -4.80. The van der Waals surface area contributed by atoms with Crippen LogP contribution in [0.1, 0.15) is 11.1 Å². The Hall–Kier alpha value is -2.60. The van der Waals surface area contributed by atoms with Crippen LogP contribution < -0.4 is 15.8 Å². The predicted molar refractivity (Wildman–Crippen MR) is 104 cm³/mol. The Balaban J connectivity index is 1.98. The molecule has 0 radical (unpaired) electrons. The van der Waals surface area contributed by atoms with E-state index in [9.17, 15) is 27.9 Å². The predicted octanol–water partition coefficient (Wildman–Crippen LogP) is 3.36. The largest absolute Gasteiger partial charge is 0.573 e. The molecule has 29 heavy (non-hydrogen) atoms. The maximum atomic E-state index is 12.1. The Bertz CT molecular complexity index is 940. The lowest BCUT2D eigenvalue weighted by Gasteiger charge is -2.09. The number of rotatable bonds is 4. The molecule has 0 aliphatic rings. The van der Waals surface area contributed by atoms with Crippen molar-refractivity contribution in [2.75, 3.05) is 0 Å². The van der Waals surface area contributed by atoms with Crippen LogP contribution in [0.15, 0.2) is 50.3 Å². The molecule has 0 atom stereocenters. The lowest BCUT2D eigenvalue weighted by atomic mass is 10.2. The monoisotopic (exact) mass is 537 g/mol. The van der Waals surface area contributed by atoms with Gasteiger partial charge >= 0.3 is 18.2 Å². The zero-order chi connectivity index (χ0) is 21.8. The number of amides is 2. The number of carbonyl (C=O) groups excluding carboxylic acids is 2. The molecule has 2 aromatic rings. The van der Waals surface area contributed by atoms with E-state index in [1.54, 1.807) is 0 Å². The summed E-state index contributed by atoms with van der Waals surface area (Å²) in [6.45, 7) is -0.122. The normalized spacial score (nSPS) is 11.8. The maximum absolute atomic E-state index is 12.1. The SMILES string of the molecule is NC(=NC(=O)C(=O)NCc1ccc(OC(F)(F)F)cc1)c1cc(Br)c(O)c(Br)c1. The van der Waals surface area contributed by atoms with Crippen LogP contribution in [-0.2, 0) is 16.1 Å². The van der Waals surface area contributed by atoms with Gasteiger partial charge in [-0.3, -0.25) is 9.59 Å². The zero-order valence-corrected chi connectivity index (χ0v) is 17.4. The van der Waals surface area contributed by atoms with Crippen molar-refractivity contribution in [2.45, 2.75) is 12.9 Å². The Morgan fingerprint density at radius 3 is 2.21 bits per heavy atom. The van der Waals surface area contributed by atoms with Crippen molar-refractivity contribution in [1.29, 1.82) is 0 Å². The van der Waals surface area contributed by atoms with Gasteiger partial charge in [-0.25, -0.2) is 0 Å². The second-order valence-electron chi connectivity index (χ2n) is 5.47. The van der Waals surface area contributed by atoms with E-state index in [1.807, 2.05) is 0 Å². The van der Waals surface area contributed by atoms with Gasteiger partial charge < -0.3 is 20.9 Å². The van der Waals surface area contributed by atoms with Gasteiger partial charge in [0.05, 0.1) is 8.95 Å². The number of hydrogen-bond donors (Lipinski definition) is 3. The van der Waals surface area contributed by atoms with Crippen molar-refractivity contribution in [3.8, 4) is 11.5 Å². The van der Waals surface area contributed by atoms with Crippen LogP contribution in [0.5, 0.6) is 11.5 Å². The summed E-state index contributed by atoms with van der Waals surface area (Å²) in [5, 5.41) is 11.9. The van der Waals surface area contributed by atoms with Gasteiger partial charge in [0.1, 0.15) is 17.3 Å². The van der Waals surface area contributed by atoms with Gasteiger partial charge in [-0.2, -0.15) is 4.99 Å². The molecule has 2 rings (SSSR count). The van der Waals surface area contributed by atoms with Gasteiger partial charge in [-0.15, -0.1) is 13.2 Å². The molecule has 0 fully saturated rings. The van der Waals surface area contributed by atoms with E-state index in [4.69, 9.17) is 5.73 Å². The molecule has 0 saturated carbocycles. The first kappa shape index (κ1) is 22.7. The molecule has 0 aliphatic carbocycles. The van der Waals surface area contributed by atoms with E-state index >= 15 is 0 Å². The van der Waals surface area contributed by atoms with E-state index in [0.29, 0.717) is 14.5 Å². The molecule has 0 saturated heterocycles. The summed E-state index contributed by atoms with van der Waals surface area (Å²) in [7, 11) is 0. The van der Waals surface area contributed by atoms with Crippen LogP contribution >= 0.6 is 31.9 Å². The number of nitrogens with two attached hydrogens (primary N) is 1. The second-order valence-corrected chi connectivity index (χ2v) is 7.17. The molecule has 0 bridgehead atoms.